The number of hydrogen-bond acceptors (Lipinski definition) is 1. The normalized spacial score (nSPS) is 15.8. The van der Waals surface area contributed by atoms with Crippen molar-refractivity contribution in [2.75, 3.05) is 0 Å². The summed E-state index contributed by atoms with van der Waals surface area (Å²) in [6.07, 6.45) is 8.98. The monoisotopic (exact) mass is 313 g/mol. The highest BCUT2D eigenvalue weighted by atomic mass is 14.9. The first kappa shape index (κ1) is 15.0. The molecular formula is C23H23N. The molecule has 2 aromatic rings. The molecule has 0 heterocycles. The summed E-state index contributed by atoms with van der Waals surface area (Å²) >= 11 is 0. The molecule has 0 spiro atoms. The molecule has 4 rings (SSSR count). The van der Waals surface area contributed by atoms with E-state index in [0.717, 1.165) is 24.1 Å². The van der Waals surface area contributed by atoms with Crippen LogP contribution < -0.4 is 5.32 Å². The summed E-state index contributed by atoms with van der Waals surface area (Å²) in [4.78, 5) is 0. The van der Waals surface area contributed by atoms with Crippen molar-refractivity contribution in [3.63, 3.8) is 0 Å². The van der Waals surface area contributed by atoms with E-state index in [1.54, 1.807) is 0 Å². The van der Waals surface area contributed by atoms with Gasteiger partial charge in [0.15, 0.2) is 0 Å². The number of benzene rings is 2. The Hall–Kier alpha value is -2.54. The Labute approximate surface area is 144 Å². The Bertz CT molecular complexity index is 940. The van der Waals surface area contributed by atoms with Crippen molar-refractivity contribution >= 4 is 28.1 Å². The van der Waals surface area contributed by atoms with Crippen LogP contribution in [-0.2, 0) is 6.42 Å². The van der Waals surface area contributed by atoms with Crippen molar-refractivity contribution in [2.24, 2.45) is 0 Å². The van der Waals surface area contributed by atoms with Gasteiger partial charge in [0.05, 0.1) is 0 Å². The Morgan fingerprint density at radius 2 is 1.96 bits per heavy atom. The second-order valence-electron chi connectivity index (χ2n) is 6.96. The van der Waals surface area contributed by atoms with Crippen LogP contribution in [-0.4, -0.2) is 6.04 Å². The third-order valence-corrected chi connectivity index (χ3v) is 5.28. The molecule has 1 unspecified atom stereocenters. The molecule has 2 aromatic carbocycles. The molecular weight excluding hydrogens is 290 g/mol. The zero-order valence-electron chi connectivity index (χ0n) is 14.4. The Morgan fingerprint density at radius 3 is 2.75 bits per heavy atom. The molecule has 1 heteroatoms. The summed E-state index contributed by atoms with van der Waals surface area (Å²) < 4.78 is 0. The zero-order chi connectivity index (χ0) is 16.8. The van der Waals surface area contributed by atoms with Gasteiger partial charge in [-0.25, -0.2) is 0 Å². The van der Waals surface area contributed by atoms with Crippen LogP contribution in [0.4, 0.5) is 0 Å². The summed E-state index contributed by atoms with van der Waals surface area (Å²) in [7, 11) is 0. The van der Waals surface area contributed by atoms with E-state index in [4.69, 9.17) is 0 Å². The lowest BCUT2D eigenvalue weighted by Gasteiger charge is -2.25. The van der Waals surface area contributed by atoms with Crippen LogP contribution in [0.3, 0.4) is 0 Å². The molecule has 2 aliphatic rings. The maximum atomic E-state index is 4.30. The molecule has 1 nitrogen and oxygen atoms in total. The van der Waals surface area contributed by atoms with Crippen molar-refractivity contribution in [2.45, 2.75) is 32.7 Å². The quantitative estimate of drug-likeness (QED) is 0.712. The number of rotatable bonds is 4. The lowest BCUT2D eigenvalue weighted by atomic mass is 9.80. The maximum Gasteiger partial charge on any atom is 0.0440 e. The lowest BCUT2D eigenvalue weighted by molar-refractivity contribution is 0.747. The van der Waals surface area contributed by atoms with Gasteiger partial charge in [0.1, 0.15) is 0 Å². The largest absolute Gasteiger partial charge is 0.379 e. The van der Waals surface area contributed by atoms with E-state index in [-0.39, 0.29) is 6.04 Å². The highest BCUT2D eigenvalue weighted by Gasteiger charge is 2.21. The highest BCUT2D eigenvalue weighted by molar-refractivity contribution is 6.06. The molecule has 0 aliphatic heterocycles. The molecule has 0 bridgehead atoms. The molecule has 0 saturated heterocycles. The van der Waals surface area contributed by atoms with E-state index >= 15 is 0 Å². The van der Waals surface area contributed by atoms with Gasteiger partial charge in [-0.1, -0.05) is 61.2 Å². The first-order valence-corrected chi connectivity index (χ1v) is 8.62. The average molecular weight is 313 g/mol. The van der Waals surface area contributed by atoms with E-state index < -0.39 is 0 Å². The van der Waals surface area contributed by atoms with Crippen LogP contribution in [0.5, 0.6) is 0 Å². The highest BCUT2D eigenvalue weighted by Crippen LogP contribution is 2.41. The van der Waals surface area contributed by atoms with Crippen LogP contribution in [0.25, 0.3) is 28.1 Å². The summed E-state index contributed by atoms with van der Waals surface area (Å²) in [6, 6.07) is 9.19. The molecule has 0 radical (unpaired) electrons. The van der Waals surface area contributed by atoms with Crippen molar-refractivity contribution in [3.05, 3.63) is 77.4 Å². The van der Waals surface area contributed by atoms with Gasteiger partial charge >= 0.3 is 0 Å². The topological polar surface area (TPSA) is 12.0 Å². The molecule has 0 fully saturated rings. The smallest absolute Gasteiger partial charge is 0.0440 e. The Balaban J connectivity index is 1.89. The summed E-state index contributed by atoms with van der Waals surface area (Å²) in [6.45, 7) is 12.5. The van der Waals surface area contributed by atoms with Crippen LogP contribution in [0.1, 0.15) is 42.5 Å². The molecule has 0 amide bonds. The molecule has 24 heavy (non-hydrogen) atoms. The van der Waals surface area contributed by atoms with Crippen LogP contribution in [0.15, 0.2) is 55.1 Å². The summed E-state index contributed by atoms with van der Waals surface area (Å²) in [5.41, 5.74) is 8.94. The molecule has 120 valence electrons. The third kappa shape index (κ3) is 2.24. The molecule has 0 aromatic heterocycles. The summed E-state index contributed by atoms with van der Waals surface area (Å²) in [5.74, 6) is 0. The lowest BCUT2D eigenvalue weighted by Crippen LogP contribution is -2.24. The summed E-state index contributed by atoms with van der Waals surface area (Å²) in [5, 5.41) is 6.21. The van der Waals surface area contributed by atoms with E-state index in [1.807, 2.05) is 6.92 Å². The van der Waals surface area contributed by atoms with Gasteiger partial charge in [-0.2, -0.15) is 0 Å². The van der Waals surface area contributed by atoms with Gasteiger partial charge in [0.2, 0.25) is 0 Å². The Kier molecular flexibility index (Phi) is 3.45. The van der Waals surface area contributed by atoms with E-state index in [9.17, 15) is 0 Å². The molecule has 2 aliphatic carbocycles. The fourth-order valence-corrected chi connectivity index (χ4v) is 3.75. The van der Waals surface area contributed by atoms with Gasteiger partial charge in [-0.05, 0) is 59.7 Å². The zero-order valence-corrected chi connectivity index (χ0v) is 14.4. The van der Waals surface area contributed by atoms with Crippen molar-refractivity contribution < 1.29 is 0 Å². The molecule has 1 N–H and O–H groups in total. The first-order chi connectivity index (χ1) is 11.6. The van der Waals surface area contributed by atoms with Crippen molar-refractivity contribution in [3.8, 4) is 0 Å². The third-order valence-electron chi connectivity index (χ3n) is 5.28. The van der Waals surface area contributed by atoms with Gasteiger partial charge in [-0.3, -0.25) is 0 Å². The van der Waals surface area contributed by atoms with Crippen molar-refractivity contribution in [1.82, 2.24) is 5.32 Å². The predicted molar refractivity (Wildman–Crippen MR) is 106 cm³/mol. The van der Waals surface area contributed by atoms with Crippen LogP contribution in [0, 0.1) is 0 Å². The minimum Gasteiger partial charge on any atom is -0.379 e. The predicted octanol–water partition coefficient (Wildman–Crippen LogP) is 5.72. The van der Waals surface area contributed by atoms with E-state index in [1.165, 1.54) is 38.6 Å². The van der Waals surface area contributed by atoms with Crippen LogP contribution >= 0.6 is 0 Å². The fourth-order valence-electron chi connectivity index (χ4n) is 3.75. The van der Waals surface area contributed by atoms with Crippen molar-refractivity contribution in [1.29, 1.82) is 0 Å². The van der Waals surface area contributed by atoms with Crippen LogP contribution in [0.2, 0.25) is 0 Å². The second-order valence-corrected chi connectivity index (χ2v) is 6.96. The van der Waals surface area contributed by atoms with Gasteiger partial charge in [0, 0.05) is 17.3 Å². The number of nitrogens with one attached hydrogen (secondary N) is 1. The number of hydrogen-bond donors (Lipinski definition) is 1. The average Bonchev–Trinajstić information content (AvgIpc) is 2.59. The minimum atomic E-state index is 0.219. The van der Waals surface area contributed by atoms with Gasteiger partial charge in [0.25, 0.3) is 0 Å². The van der Waals surface area contributed by atoms with E-state index in [0.29, 0.717) is 0 Å². The Morgan fingerprint density at radius 1 is 1.12 bits per heavy atom. The first-order valence-electron chi connectivity index (χ1n) is 8.62. The molecule has 0 saturated carbocycles. The second kappa shape index (κ2) is 5.52. The van der Waals surface area contributed by atoms with E-state index in [2.05, 4.69) is 67.9 Å². The SMILES string of the molecule is C=C(NC(C)C(=C)C)c1ccc2c3c4c(ccc13)C=CCC4=CC2. The molecule has 1 atom stereocenters. The standard InChI is InChI=1S/C23H23N/c1-14(2)15(3)24-16(4)20-12-10-19-9-8-17-6-5-7-18-11-13-21(20)23(19)22(17)18/h5,7-8,10-13,15,24H,1,4,6,9H2,2-3H3. The van der Waals surface area contributed by atoms with Gasteiger partial charge < -0.3 is 5.32 Å². The number of allylic oxidation sites excluding steroid dienone is 3. The van der Waals surface area contributed by atoms with Gasteiger partial charge in [-0.15, -0.1) is 0 Å². The maximum absolute atomic E-state index is 4.30. The fraction of sp³-hybridized carbons (Fsp3) is 0.217. The minimum absolute atomic E-state index is 0.219.